The molecule has 0 bridgehead atoms. The first-order valence-corrected chi connectivity index (χ1v) is 9.01. The van der Waals surface area contributed by atoms with Crippen molar-refractivity contribution in [3.63, 3.8) is 0 Å². The van der Waals surface area contributed by atoms with Crippen molar-refractivity contribution in [1.82, 2.24) is 10.2 Å². The van der Waals surface area contributed by atoms with E-state index in [1.54, 1.807) is 18.0 Å². The summed E-state index contributed by atoms with van der Waals surface area (Å²) in [6.45, 7) is 2.79. The van der Waals surface area contributed by atoms with Crippen LogP contribution in [0.3, 0.4) is 0 Å². The number of hydrogen-bond donors (Lipinski definition) is 1. The topological polar surface area (TPSA) is 75.2 Å². The zero-order valence-electron chi connectivity index (χ0n) is 12.8. The summed E-state index contributed by atoms with van der Waals surface area (Å²) < 4.78 is 0.769. The molecule has 0 unspecified atom stereocenters. The Bertz CT molecular complexity index is 760. The Labute approximate surface area is 142 Å². The summed E-state index contributed by atoms with van der Waals surface area (Å²) in [6.07, 6.45) is 0.364. The zero-order chi connectivity index (χ0) is 16.4. The van der Waals surface area contributed by atoms with Crippen LogP contribution in [-0.4, -0.2) is 41.2 Å². The van der Waals surface area contributed by atoms with Crippen molar-refractivity contribution >= 4 is 45.6 Å². The Morgan fingerprint density at radius 1 is 1.43 bits per heavy atom. The second kappa shape index (κ2) is 6.67. The summed E-state index contributed by atoms with van der Waals surface area (Å²) in [7, 11) is 1.75. The standard InChI is InChI=1S/C15H16N4O2S2/c1-3-16-14-17-18-15(23-14)22-8-12(20)9-4-5-11-10(6-9)7-13(21)19(11)2/h4-6H,3,7-8H2,1-2H3,(H,16,17). The minimum atomic E-state index is 0.0278. The number of anilines is 2. The Balaban J connectivity index is 1.64. The van der Waals surface area contributed by atoms with E-state index in [4.69, 9.17) is 0 Å². The third-order valence-electron chi connectivity index (χ3n) is 3.54. The average molecular weight is 348 g/mol. The molecule has 8 heteroatoms. The molecule has 0 saturated heterocycles. The van der Waals surface area contributed by atoms with Gasteiger partial charge in [-0.3, -0.25) is 9.59 Å². The molecule has 1 aromatic carbocycles. The average Bonchev–Trinajstić information content (AvgIpc) is 3.10. The van der Waals surface area contributed by atoms with Crippen LogP contribution in [0, 0.1) is 0 Å². The fourth-order valence-corrected chi connectivity index (χ4v) is 4.06. The predicted octanol–water partition coefficient (Wildman–Crippen LogP) is 2.46. The van der Waals surface area contributed by atoms with Gasteiger partial charge in [0, 0.05) is 24.8 Å². The zero-order valence-corrected chi connectivity index (χ0v) is 14.5. The molecule has 1 aliphatic rings. The summed E-state index contributed by atoms with van der Waals surface area (Å²) in [4.78, 5) is 25.7. The molecule has 6 nitrogen and oxygen atoms in total. The molecule has 0 atom stereocenters. The largest absolute Gasteiger partial charge is 0.360 e. The van der Waals surface area contributed by atoms with Gasteiger partial charge in [-0.2, -0.15) is 0 Å². The smallest absolute Gasteiger partial charge is 0.231 e. The molecule has 1 aliphatic heterocycles. The van der Waals surface area contributed by atoms with E-state index in [0.29, 0.717) is 17.7 Å². The summed E-state index contributed by atoms with van der Waals surface area (Å²) in [5, 5.41) is 11.9. The predicted molar refractivity (Wildman–Crippen MR) is 92.7 cm³/mol. The van der Waals surface area contributed by atoms with Crippen molar-refractivity contribution < 1.29 is 9.59 Å². The van der Waals surface area contributed by atoms with Crippen molar-refractivity contribution in [2.75, 3.05) is 29.6 Å². The molecule has 1 amide bonds. The van der Waals surface area contributed by atoms with E-state index < -0.39 is 0 Å². The lowest BCUT2D eigenvalue weighted by molar-refractivity contribution is -0.117. The van der Waals surface area contributed by atoms with Crippen LogP contribution < -0.4 is 10.2 Å². The van der Waals surface area contributed by atoms with Gasteiger partial charge in [-0.25, -0.2) is 0 Å². The number of benzene rings is 1. The fourth-order valence-electron chi connectivity index (χ4n) is 2.34. The second-order valence-corrected chi connectivity index (χ2v) is 7.29. The molecule has 3 rings (SSSR count). The number of carbonyl (C=O) groups is 2. The summed E-state index contributed by atoms with van der Waals surface area (Å²) in [5.41, 5.74) is 2.44. The number of rotatable bonds is 6. The molecule has 0 fully saturated rings. The lowest BCUT2D eigenvalue weighted by atomic mass is 10.1. The highest BCUT2D eigenvalue weighted by atomic mass is 32.2. The highest BCUT2D eigenvalue weighted by molar-refractivity contribution is 8.01. The van der Waals surface area contributed by atoms with Gasteiger partial charge in [-0.05, 0) is 30.7 Å². The van der Waals surface area contributed by atoms with Gasteiger partial charge in [0.1, 0.15) is 0 Å². The first kappa shape index (κ1) is 15.9. The van der Waals surface area contributed by atoms with Crippen molar-refractivity contribution in [1.29, 1.82) is 0 Å². The van der Waals surface area contributed by atoms with Gasteiger partial charge in [-0.1, -0.05) is 23.1 Å². The lowest BCUT2D eigenvalue weighted by Crippen LogP contribution is -2.20. The van der Waals surface area contributed by atoms with E-state index in [0.717, 1.165) is 27.3 Å². The number of thioether (sulfide) groups is 1. The number of ketones is 1. The fraction of sp³-hybridized carbons (Fsp3) is 0.333. The van der Waals surface area contributed by atoms with Crippen molar-refractivity contribution in [3.05, 3.63) is 29.3 Å². The molecule has 23 heavy (non-hydrogen) atoms. The number of Topliss-reactive ketones (excluding diaryl/α,β-unsaturated/α-hetero) is 1. The Morgan fingerprint density at radius 3 is 3.04 bits per heavy atom. The summed E-state index contributed by atoms with van der Waals surface area (Å²) in [6, 6.07) is 5.44. The molecule has 1 aromatic heterocycles. The number of nitrogens with one attached hydrogen (secondary N) is 1. The maximum Gasteiger partial charge on any atom is 0.231 e. The molecule has 0 saturated carbocycles. The number of aromatic nitrogens is 2. The molecule has 2 heterocycles. The van der Waals surface area contributed by atoms with E-state index in [2.05, 4.69) is 15.5 Å². The van der Waals surface area contributed by atoms with Crippen molar-refractivity contribution in [3.8, 4) is 0 Å². The molecule has 0 radical (unpaired) electrons. The molecule has 120 valence electrons. The molecule has 1 N–H and O–H groups in total. The first-order valence-electron chi connectivity index (χ1n) is 7.21. The maximum atomic E-state index is 12.3. The molecular formula is C15H16N4O2S2. The SMILES string of the molecule is CCNc1nnc(SCC(=O)c2ccc3c(c2)CC(=O)N3C)s1. The lowest BCUT2D eigenvalue weighted by Gasteiger charge is -2.10. The van der Waals surface area contributed by atoms with Gasteiger partial charge >= 0.3 is 0 Å². The van der Waals surface area contributed by atoms with Crippen LogP contribution in [0.5, 0.6) is 0 Å². The van der Waals surface area contributed by atoms with Gasteiger partial charge in [0.15, 0.2) is 10.1 Å². The van der Waals surface area contributed by atoms with E-state index in [1.165, 1.54) is 23.1 Å². The number of carbonyl (C=O) groups excluding carboxylic acids is 2. The van der Waals surface area contributed by atoms with E-state index in [9.17, 15) is 9.59 Å². The maximum absolute atomic E-state index is 12.3. The summed E-state index contributed by atoms with van der Waals surface area (Å²) in [5.74, 6) is 0.396. The van der Waals surface area contributed by atoms with Gasteiger partial charge < -0.3 is 10.2 Å². The monoisotopic (exact) mass is 348 g/mol. The number of fused-ring (bicyclic) bond motifs is 1. The van der Waals surface area contributed by atoms with Crippen LogP contribution >= 0.6 is 23.1 Å². The molecule has 0 aliphatic carbocycles. The Hall–Kier alpha value is -1.93. The molecular weight excluding hydrogens is 332 g/mol. The van der Waals surface area contributed by atoms with E-state index >= 15 is 0 Å². The quantitative estimate of drug-likeness (QED) is 0.638. The minimum absolute atomic E-state index is 0.0278. The van der Waals surface area contributed by atoms with Crippen LogP contribution in [0.15, 0.2) is 22.5 Å². The number of amides is 1. The van der Waals surface area contributed by atoms with Crippen LogP contribution in [0.4, 0.5) is 10.8 Å². The van der Waals surface area contributed by atoms with Crippen LogP contribution in [-0.2, 0) is 11.2 Å². The van der Waals surface area contributed by atoms with Gasteiger partial charge in [-0.15, -0.1) is 10.2 Å². The van der Waals surface area contributed by atoms with E-state index in [-0.39, 0.29) is 11.7 Å². The Morgan fingerprint density at radius 2 is 2.26 bits per heavy atom. The highest BCUT2D eigenvalue weighted by Crippen LogP contribution is 2.30. The van der Waals surface area contributed by atoms with Gasteiger partial charge in [0.2, 0.25) is 11.0 Å². The Kier molecular flexibility index (Phi) is 4.63. The number of hydrogen-bond acceptors (Lipinski definition) is 7. The highest BCUT2D eigenvalue weighted by Gasteiger charge is 2.24. The molecule has 2 aromatic rings. The third-order valence-corrected chi connectivity index (χ3v) is 5.55. The van der Waals surface area contributed by atoms with E-state index in [1.807, 2.05) is 19.1 Å². The number of likely N-dealkylation sites (N-methyl/N-ethyl adjacent to an activating group) is 1. The summed E-state index contributed by atoms with van der Waals surface area (Å²) >= 11 is 2.82. The van der Waals surface area contributed by atoms with Crippen molar-refractivity contribution in [2.24, 2.45) is 0 Å². The van der Waals surface area contributed by atoms with Gasteiger partial charge in [0.05, 0.1) is 12.2 Å². The van der Waals surface area contributed by atoms with Crippen LogP contribution in [0.25, 0.3) is 0 Å². The first-order chi connectivity index (χ1) is 11.1. The third kappa shape index (κ3) is 3.37. The number of nitrogens with zero attached hydrogens (tertiary/aromatic N) is 3. The molecule has 0 spiro atoms. The van der Waals surface area contributed by atoms with Gasteiger partial charge in [0.25, 0.3) is 0 Å². The normalized spacial score (nSPS) is 13.3. The second-order valence-electron chi connectivity index (χ2n) is 5.09. The minimum Gasteiger partial charge on any atom is -0.360 e. The van der Waals surface area contributed by atoms with Crippen LogP contribution in [0.1, 0.15) is 22.8 Å². The van der Waals surface area contributed by atoms with Crippen molar-refractivity contribution in [2.45, 2.75) is 17.7 Å². The van der Waals surface area contributed by atoms with Crippen LogP contribution in [0.2, 0.25) is 0 Å².